The van der Waals surface area contributed by atoms with Crippen molar-refractivity contribution in [1.82, 2.24) is 4.90 Å². The highest BCUT2D eigenvalue weighted by atomic mass is 16.4. The Hall–Kier alpha value is -1.06. The fourth-order valence-corrected chi connectivity index (χ4v) is 1.79. The molecular formula is C11H18NO3-. The van der Waals surface area contributed by atoms with Crippen molar-refractivity contribution in [3.8, 4) is 0 Å². The minimum absolute atomic E-state index is 0.0966. The van der Waals surface area contributed by atoms with E-state index in [4.69, 9.17) is 0 Å². The molecular weight excluding hydrogens is 194 g/mol. The van der Waals surface area contributed by atoms with Crippen LogP contribution in [-0.2, 0) is 9.59 Å². The van der Waals surface area contributed by atoms with E-state index >= 15 is 0 Å². The zero-order chi connectivity index (χ0) is 11.6. The molecule has 0 N–H and O–H groups in total. The summed E-state index contributed by atoms with van der Waals surface area (Å²) in [6.45, 7) is 6.70. The lowest BCUT2D eigenvalue weighted by molar-refractivity contribution is -0.312. The molecule has 1 heterocycles. The van der Waals surface area contributed by atoms with E-state index in [2.05, 4.69) is 0 Å². The van der Waals surface area contributed by atoms with Crippen LogP contribution in [-0.4, -0.2) is 29.9 Å². The monoisotopic (exact) mass is 212 g/mol. The van der Waals surface area contributed by atoms with Gasteiger partial charge in [-0.2, -0.15) is 0 Å². The summed E-state index contributed by atoms with van der Waals surface area (Å²) >= 11 is 0. The molecule has 0 radical (unpaired) electrons. The first-order valence-corrected chi connectivity index (χ1v) is 5.32. The first kappa shape index (κ1) is 12.0. The van der Waals surface area contributed by atoms with E-state index in [0.29, 0.717) is 25.9 Å². The Morgan fingerprint density at radius 2 is 1.67 bits per heavy atom. The lowest BCUT2D eigenvalue weighted by Gasteiger charge is -2.35. The molecule has 0 bridgehead atoms. The lowest BCUT2D eigenvalue weighted by atomic mass is 9.91. The molecule has 1 aliphatic rings. The van der Waals surface area contributed by atoms with E-state index in [9.17, 15) is 14.7 Å². The van der Waals surface area contributed by atoms with Crippen LogP contribution in [0.2, 0.25) is 0 Å². The maximum Gasteiger partial charge on any atom is 0.227 e. The molecule has 1 saturated heterocycles. The second-order valence-corrected chi connectivity index (χ2v) is 5.14. The molecule has 0 saturated carbocycles. The van der Waals surface area contributed by atoms with Crippen molar-refractivity contribution in [2.45, 2.75) is 33.6 Å². The summed E-state index contributed by atoms with van der Waals surface area (Å²) in [6.07, 6.45) is 1.04. The van der Waals surface area contributed by atoms with Gasteiger partial charge in [-0.3, -0.25) is 4.79 Å². The molecule has 0 aromatic rings. The first-order valence-electron chi connectivity index (χ1n) is 5.32. The van der Waals surface area contributed by atoms with Gasteiger partial charge in [-0.15, -0.1) is 0 Å². The van der Waals surface area contributed by atoms with Gasteiger partial charge in [-0.1, -0.05) is 20.8 Å². The third kappa shape index (κ3) is 2.94. The Morgan fingerprint density at radius 1 is 1.20 bits per heavy atom. The van der Waals surface area contributed by atoms with Gasteiger partial charge >= 0.3 is 0 Å². The quantitative estimate of drug-likeness (QED) is 0.615. The average Bonchev–Trinajstić information content (AvgIpc) is 2.15. The van der Waals surface area contributed by atoms with E-state index < -0.39 is 5.97 Å². The van der Waals surface area contributed by atoms with Crippen LogP contribution in [0.1, 0.15) is 33.6 Å². The number of carbonyl (C=O) groups excluding carboxylic acids is 2. The predicted octanol–water partition coefficient (Wildman–Crippen LogP) is 0.0210. The number of nitrogens with zero attached hydrogens (tertiary/aromatic N) is 1. The number of piperidine rings is 1. The van der Waals surface area contributed by atoms with Gasteiger partial charge in [0.15, 0.2) is 0 Å². The molecule has 1 aliphatic heterocycles. The number of rotatable bonds is 1. The SMILES string of the molecule is CC(C)(C)C(=O)N1CCC(C(=O)[O-])CC1. The lowest BCUT2D eigenvalue weighted by Crippen LogP contribution is -2.47. The van der Waals surface area contributed by atoms with Crippen LogP contribution in [0.5, 0.6) is 0 Å². The fraction of sp³-hybridized carbons (Fsp3) is 0.818. The molecule has 1 fully saturated rings. The summed E-state index contributed by atoms with van der Waals surface area (Å²) < 4.78 is 0. The van der Waals surface area contributed by atoms with Gasteiger partial charge in [0.25, 0.3) is 0 Å². The zero-order valence-electron chi connectivity index (χ0n) is 9.58. The standard InChI is InChI=1S/C11H19NO3/c1-11(2,3)10(15)12-6-4-8(5-7-12)9(13)14/h8H,4-7H2,1-3H3,(H,13,14)/p-1. The molecule has 0 aromatic carbocycles. The van der Waals surface area contributed by atoms with Crippen LogP contribution >= 0.6 is 0 Å². The summed E-state index contributed by atoms with van der Waals surface area (Å²) in [7, 11) is 0. The molecule has 1 rings (SSSR count). The van der Waals surface area contributed by atoms with Crippen molar-refractivity contribution in [1.29, 1.82) is 0 Å². The Morgan fingerprint density at radius 3 is 2.00 bits per heavy atom. The third-order valence-corrected chi connectivity index (χ3v) is 2.76. The number of aliphatic carboxylic acids is 1. The summed E-state index contributed by atoms with van der Waals surface area (Å²) in [6, 6.07) is 0. The summed E-state index contributed by atoms with van der Waals surface area (Å²) in [5.74, 6) is -1.27. The van der Waals surface area contributed by atoms with Gasteiger partial charge in [0.1, 0.15) is 0 Å². The van der Waals surface area contributed by atoms with Crippen molar-refractivity contribution in [2.75, 3.05) is 13.1 Å². The van der Waals surface area contributed by atoms with Crippen LogP contribution in [0.3, 0.4) is 0 Å². The van der Waals surface area contributed by atoms with Crippen LogP contribution in [0.25, 0.3) is 0 Å². The molecule has 0 aliphatic carbocycles. The summed E-state index contributed by atoms with van der Waals surface area (Å²) in [4.78, 5) is 24.2. The molecule has 0 aromatic heterocycles. The van der Waals surface area contributed by atoms with Crippen LogP contribution in [0.15, 0.2) is 0 Å². The van der Waals surface area contributed by atoms with E-state index in [1.165, 1.54) is 0 Å². The summed E-state index contributed by atoms with van der Waals surface area (Å²) in [5.41, 5.74) is -0.381. The predicted molar refractivity (Wildman–Crippen MR) is 53.8 cm³/mol. The first-order chi connectivity index (χ1) is 6.82. The number of carboxylic acid groups (broad SMARTS) is 1. The van der Waals surface area contributed by atoms with E-state index in [1.54, 1.807) is 4.90 Å². The van der Waals surface area contributed by atoms with Crippen LogP contribution < -0.4 is 5.11 Å². The van der Waals surface area contributed by atoms with Crippen LogP contribution in [0.4, 0.5) is 0 Å². The van der Waals surface area contributed by atoms with Crippen molar-refractivity contribution in [3.05, 3.63) is 0 Å². The van der Waals surface area contributed by atoms with Gasteiger partial charge in [0.05, 0.1) is 0 Å². The minimum atomic E-state index is -0.988. The van der Waals surface area contributed by atoms with Gasteiger partial charge in [0.2, 0.25) is 5.91 Å². The molecule has 15 heavy (non-hydrogen) atoms. The Bertz CT molecular complexity index is 259. The van der Waals surface area contributed by atoms with Gasteiger partial charge in [-0.25, -0.2) is 0 Å². The molecule has 0 atom stereocenters. The Labute approximate surface area is 90.3 Å². The maximum absolute atomic E-state index is 11.9. The van der Waals surface area contributed by atoms with Gasteiger partial charge in [0, 0.05) is 30.4 Å². The topological polar surface area (TPSA) is 60.4 Å². The molecule has 1 amide bonds. The van der Waals surface area contributed by atoms with Crippen LogP contribution in [0, 0.1) is 11.3 Å². The van der Waals surface area contributed by atoms with Crippen molar-refractivity contribution >= 4 is 11.9 Å². The average molecular weight is 212 g/mol. The largest absolute Gasteiger partial charge is 0.550 e. The maximum atomic E-state index is 11.9. The molecule has 4 nitrogen and oxygen atoms in total. The van der Waals surface area contributed by atoms with Crippen molar-refractivity contribution in [3.63, 3.8) is 0 Å². The number of likely N-dealkylation sites (tertiary alicyclic amines) is 1. The molecule has 0 unspecified atom stereocenters. The number of carboxylic acids is 1. The Balaban J connectivity index is 2.51. The van der Waals surface area contributed by atoms with Crippen molar-refractivity contribution < 1.29 is 14.7 Å². The second kappa shape index (κ2) is 4.21. The normalized spacial score (nSPS) is 19.0. The van der Waals surface area contributed by atoms with E-state index in [1.807, 2.05) is 20.8 Å². The highest BCUT2D eigenvalue weighted by Crippen LogP contribution is 2.23. The van der Waals surface area contributed by atoms with Crippen molar-refractivity contribution in [2.24, 2.45) is 11.3 Å². The highest BCUT2D eigenvalue weighted by Gasteiger charge is 2.30. The smallest absolute Gasteiger partial charge is 0.227 e. The Kier molecular flexibility index (Phi) is 3.37. The second-order valence-electron chi connectivity index (χ2n) is 5.14. The fourth-order valence-electron chi connectivity index (χ4n) is 1.79. The number of carbonyl (C=O) groups is 2. The number of hydrogen-bond donors (Lipinski definition) is 0. The molecule has 86 valence electrons. The summed E-state index contributed by atoms with van der Waals surface area (Å²) in [5, 5.41) is 10.6. The van der Waals surface area contributed by atoms with Gasteiger partial charge in [-0.05, 0) is 12.8 Å². The number of hydrogen-bond acceptors (Lipinski definition) is 3. The van der Waals surface area contributed by atoms with Gasteiger partial charge < -0.3 is 14.8 Å². The third-order valence-electron chi connectivity index (χ3n) is 2.76. The molecule has 0 spiro atoms. The van der Waals surface area contributed by atoms with E-state index in [-0.39, 0.29) is 17.2 Å². The van der Waals surface area contributed by atoms with E-state index in [0.717, 1.165) is 0 Å². The number of amides is 1. The molecule has 4 heteroatoms. The minimum Gasteiger partial charge on any atom is -0.550 e. The zero-order valence-corrected chi connectivity index (χ0v) is 9.58. The highest BCUT2D eigenvalue weighted by molar-refractivity contribution is 5.81.